The lowest BCUT2D eigenvalue weighted by Crippen LogP contribution is -2.30. The van der Waals surface area contributed by atoms with E-state index in [1.165, 1.54) is 12.1 Å². The molecule has 15 heavy (non-hydrogen) atoms. The van der Waals surface area contributed by atoms with Gasteiger partial charge in [0.2, 0.25) is 0 Å². The van der Waals surface area contributed by atoms with Gasteiger partial charge in [-0.1, -0.05) is 12.1 Å². The van der Waals surface area contributed by atoms with Crippen molar-refractivity contribution >= 4 is 0 Å². The normalized spacial score (nSPS) is 26.5. The van der Waals surface area contributed by atoms with Gasteiger partial charge in [-0.15, -0.1) is 0 Å². The number of hydrogen-bond acceptors (Lipinski definition) is 2. The van der Waals surface area contributed by atoms with E-state index in [2.05, 4.69) is 0 Å². The maximum atomic E-state index is 12.7. The highest BCUT2D eigenvalue weighted by Crippen LogP contribution is 2.27. The summed E-state index contributed by atoms with van der Waals surface area (Å²) in [5, 5.41) is 0. The zero-order valence-electron chi connectivity index (χ0n) is 8.66. The van der Waals surface area contributed by atoms with Gasteiger partial charge in [-0.2, -0.15) is 0 Å². The minimum absolute atomic E-state index is 0.185. The second-order valence-corrected chi connectivity index (χ2v) is 4.02. The molecule has 0 bridgehead atoms. The van der Waals surface area contributed by atoms with E-state index < -0.39 is 0 Å². The SMILES string of the molecule is NC[C@@H]1CC[C@H](c2ccc(F)cc2)CO1. The fourth-order valence-electron chi connectivity index (χ4n) is 1.99. The van der Waals surface area contributed by atoms with Crippen molar-refractivity contribution in [3.05, 3.63) is 35.6 Å². The number of benzene rings is 1. The third-order valence-electron chi connectivity index (χ3n) is 2.97. The molecule has 2 rings (SSSR count). The van der Waals surface area contributed by atoms with Crippen molar-refractivity contribution in [1.82, 2.24) is 0 Å². The summed E-state index contributed by atoms with van der Waals surface area (Å²) in [7, 11) is 0. The second-order valence-electron chi connectivity index (χ2n) is 4.02. The van der Waals surface area contributed by atoms with Gasteiger partial charge in [0.1, 0.15) is 5.82 Å². The van der Waals surface area contributed by atoms with Crippen LogP contribution in [-0.2, 0) is 4.74 Å². The van der Waals surface area contributed by atoms with Crippen molar-refractivity contribution in [2.24, 2.45) is 5.73 Å². The van der Waals surface area contributed by atoms with Crippen LogP contribution in [0.25, 0.3) is 0 Å². The molecule has 1 saturated heterocycles. The van der Waals surface area contributed by atoms with Crippen LogP contribution >= 0.6 is 0 Å². The van der Waals surface area contributed by atoms with Gasteiger partial charge < -0.3 is 10.5 Å². The Morgan fingerprint density at radius 2 is 2.00 bits per heavy atom. The average Bonchev–Trinajstić information content (AvgIpc) is 2.30. The van der Waals surface area contributed by atoms with Crippen LogP contribution in [0.4, 0.5) is 4.39 Å². The molecule has 0 radical (unpaired) electrons. The first-order valence-electron chi connectivity index (χ1n) is 5.36. The van der Waals surface area contributed by atoms with Crippen LogP contribution in [0.15, 0.2) is 24.3 Å². The van der Waals surface area contributed by atoms with Crippen LogP contribution in [0.3, 0.4) is 0 Å². The summed E-state index contributed by atoms with van der Waals surface area (Å²) >= 11 is 0. The van der Waals surface area contributed by atoms with Gasteiger partial charge in [0.15, 0.2) is 0 Å². The standard InChI is InChI=1S/C12H16FNO/c13-11-4-1-9(2-5-11)10-3-6-12(7-14)15-8-10/h1-2,4-5,10,12H,3,6-8,14H2/t10-,12-/m0/s1. The third kappa shape index (κ3) is 2.55. The molecular weight excluding hydrogens is 193 g/mol. The summed E-state index contributed by atoms with van der Waals surface area (Å²) in [6.07, 6.45) is 2.29. The Labute approximate surface area is 89.2 Å². The van der Waals surface area contributed by atoms with Crippen molar-refractivity contribution < 1.29 is 9.13 Å². The predicted octanol–water partition coefficient (Wildman–Crippen LogP) is 2.05. The van der Waals surface area contributed by atoms with Crippen LogP contribution in [0.2, 0.25) is 0 Å². The lowest BCUT2D eigenvalue weighted by atomic mass is 9.91. The van der Waals surface area contributed by atoms with E-state index >= 15 is 0 Å². The van der Waals surface area contributed by atoms with Gasteiger partial charge in [0.05, 0.1) is 12.7 Å². The molecule has 1 aromatic rings. The first-order chi connectivity index (χ1) is 7.29. The van der Waals surface area contributed by atoms with Gasteiger partial charge in [-0.3, -0.25) is 0 Å². The van der Waals surface area contributed by atoms with Gasteiger partial charge in [-0.05, 0) is 30.5 Å². The zero-order valence-corrected chi connectivity index (χ0v) is 8.66. The molecule has 0 aliphatic carbocycles. The smallest absolute Gasteiger partial charge is 0.123 e. The molecule has 1 aliphatic rings. The quantitative estimate of drug-likeness (QED) is 0.809. The Kier molecular flexibility index (Phi) is 3.34. The minimum Gasteiger partial charge on any atom is -0.376 e. The van der Waals surface area contributed by atoms with Gasteiger partial charge in [-0.25, -0.2) is 4.39 Å². The maximum Gasteiger partial charge on any atom is 0.123 e. The van der Waals surface area contributed by atoms with Gasteiger partial charge in [0, 0.05) is 12.5 Å². The van der Waals surface area contributed by atoms with Crippen LogP contribution < -0.4 is 5.73 Å². The molecule has 1 aromatic carbocycles. The summed E-state index contributed by atoms with van der Waals surface area (Å²) in [6.45, 7) is 1.30. The Balaban J connectivity index is 1.98. The molecule has 0 unspecified atom stereocenters. The Morgan fingerprint density at radius 1 is 1.27 bits per heavy atom. The number of nitrogens with two attached hydrogens (primary N) is 1. The fourth-order valence-corrected chi connectivity index (χ4v) is 1.99. The number of rotatable bonds is 2. The van der Waals surface area contributed by atoms with Gasteiger partial charge in [0.25, 0.3) is 0 Å². The van der Waals surface area contributed by atoms with Crippen LogP contribution in [0, 0.1) is 5.82 Å². The number of halogens is 1. The van der Waals surface area contributed by atoms with Crippen LogP contribution in [0.1, 0.15) is 24.3 Å². The molecule has 1 fully saturated rings. The average molecular weight is 209 g/mol. The fraction of sp³-hybridized carbons (Fsp3) is 0.500. The highest BCUT2D eigenvalue weighted by atomic mass is 19.1. The largest absolute Gasteiger partial charge is 0.376 e. The first kappa shape index (κ1) is 10.6. The van der Waals surface area contributed by atoms with Crippen molar-refractivity contribution in [3.63, 3.8) is 0 Å². The van der Waals surface area contributed by atoms with E-state index in [0.29, 0.717) is 19.1 Å². The summed E-state index contributed by atoms with van der Waals surface area (Å²) in [4.78, 5) is 0. The molecule has 0 aromatic heterocycles. The highest BCUT2D eigenvalue weighted by Gasteiger charge is 2.21. The summed E-state index contributed by atoms with van der Waals surface area (Å²) in [6, 6.07) is 6.69. The Morgan fingerprint density at radius 3 is 2.53 bits per heavy atom. The van der Waals surface area contributed by atoms with E-state index in [-0.39, 0.29) is 11.9 Å². The second kappa shape index (κ2) is 4.73. The monoisotopic (exact) mass is 209 g/mol. The third-order valence-corrected chi connectivity index (χ3v) is 2.97. The van der Waals surface area contributed by atoms with Crippen molar-refractivity contribution in [3.8, 4) is 0 Å². The number of ether oxygens (including phenoxy) is 1. The summed E-state index contributed by atoms with van der Waals surface area (Å²) in [5.74, 6) is 0.212. The maximum absolute atomic E-state index is 12.7. The van der Waals surface area contributed by atoms with Crippen molar-refractivity contribution in [2.75, 3.05) is 13.2 Å². The Hall–Kier alpha value is -0.930. The van der Waals surface area contributed by atoms with E-state index in [0.717, 1.165) is 18.4 Å². The lowest BCUT2D eigenvalue weighted by Gasteiger charge is -2.28. The molecule has 1 aliphatic heterocycles. The van der Waals surface area contributed by atoms with Crippen LogP contribution in [-0.4, -0.2) is 19.3 Å². The molecule has 2 nitrogen and oxygen atoms in total. The predicted molar refractivity (Wildman–Crippen MR) is 57.2 cm³/mol. The van der Waals surface area contributed by atoms with E-state index in [1.807, 2.05) is 12.1 Å². The molecule has 0 amide bonds. The highest BCUT2D eigenvalue weighted by molar-refractivity contribution is 5.20. The summed E-state index contributed by atoms with van der Waals surface area (Å²) in [5.41, 5.74) is 6.69. The minimum atomic E-state index is -0.185. The summed E-state index contributed by atoms with van der Waals surface area (Å²) < 4.78 is 18.3. The molecule has 0 saturated carbocycles. The molecule has 2 atom stereocenters. The number of hydrogen-bond donors (Lipinski definition) is 1. The zero-order chi connectivity index (χ0) is 10.7. The van der Waals surface area contributed by atoms with Crippen LogP contribution in [0.5, 0.6) is 0 Å². The first-order valence-corrected chi connectivity index (χ1v) is 5.36. The molecule has 2 N–H and O–H groups in total. The molecule has 3 heteroatoms. The lowest BCUT2D eigenvalue weighted by molar-refractivity contribution is 0.00955. The van der Waals surface area contributed by atoms with Crippen molar-refractivity contribution in [2.45, 2.75) is 24.9 Å². The molecular formula is C12H16FNO. The van der Waals surface area contributed by atoms with Crippen molar-refractivity contribution in [1.29, 1.82) is 0 Å². The Bertz CT molecular complexity index is 304. The van der Waals surface area contributed by atoms with E-state index in [9.17, 15) is 4.39 Å². The molecule has 82 valence electrons. The molecule has 0 spiro atoms. The topological polar surface area (TPSA) is 35.2 Å². The van der Waals surface area contributed by atoms with E-state index in [4.69, 9.17) is 10.5 Å². The van der Waals surface area contributed by atoms with E-state index in [1.54, 1.807) is 0 Å². The van der Waals surface area contributed by atoms with Gasteiger partial charge >= 0.3 is 0 Å². The molecule has 1 heterocycles.